The number of benzene rings is 2. The molecule has 0 aliphatic heterocycles. The van der Waals surface area contributed by atoms with Crippen molar-refractivity contribution in [1.82, 2.24) is 29.8 Å². The Labute approximate surface area is 167 Å². The van der Waals surface area contributed by atoms with E-state index < -0.39 is 0 Å². The summed E-state index contributed by atoms with van der Waals surface area (Å²) in [4.78, 5) is 16.0. The van der Waals surface area contributed by atoms with Crippen LogP contribution in [-0.2, 0) is 13.1 Å². The molecule has 2 aromatic heterocycles. The molecule has 148 valence electrons. The molecular weight excluding hydrogens is 371 g/mol. The molecule has 0 unspecified atom stereocenters. The minimum absolute atomic E-state index is 0.149. The minimum atomic E-state index is -0.305. The Morgan fingerprint density at radius 1 is 1.10 bits per heavy atom. The van der Waals surface area contributed by atoms with Crippen LogP contribution in [0.5, 0.6) is 0 Å². The molecule has 4 rings (SSSR count). The highest BCUT2D eigenvalue weighted by atomic mass is 19.1. The largest absolute Gasteiger partial charge is 0.331 e. The van der Waals surface area contributed by atoms with Gasteiger partial charge in [0.25, 0.3) is 0 Å². The van der Waals surface area contributed by atoms with E-state index in [1.807, 2.05) is 31.2 Å². The van der Waals surface area contributed by atoms with Crippen molar-refractivity contribution in [2.45, 2.75) is 20.0 Å². The Kier molecular flexibility index (Phi) is 4.84. The van der Waals surface area contributed by atoms with Crippen LogP contribution in [0.25, 0.3) is 16.6 Å². The van der Waals surface area contributed by atoms with Crippen molar-refractivity contribution in [3.8, 4) is 0 Å². The third-order valence-electron chi connectivity index (χ3n) is 4.87. The van der Waals surface area contributed by atoms with E-state index in [0.29, 0.717) is 18.7 Å². The lowest BCUT2D eigenvalue weighted by molar-refractivity contribution is 0.165. The van der Waals surface area contributed by atoms with Crippen molar-refractivity contribution in [2.24, 2.45) is 0 Å². The Balaban J connectivity index is 1.76. The van der Waals surface area contributed by atoms with Crippen LogP contribution in [0.15, 0.2) is 48.5 Å². The standard InChI is InChI=1S/C21H21FN6O/c1-14-5-4-6-16-11-17(20-23-24-25-28(20)19(14)16)13-27(21(29)26(2)3)12-15-7-9-18(22)10-8-15/h4-11H,12-13H2,1-3H3. The Hall–Kier alpha value is -3.55. The third-order valence-corrected chi connectivity index (χ3v) is 4.87. The second kappa shape index (κ2) is 7.46. The van der Waals surface area contributed by atoms with Gasteiger partial charge in [0.15, 0.2) is 5.65 Å². The van der Waals surface area contributed by atoms with Gasteiger partial charge in [-0.25, -0.2) is 9.18 Å². The lowest BCUT2D eigenvalue weighted by Gasteiger charge is -2.26. The Morgan fingerprint density at radius 2 is 1.86 bits per heavy atom. The van der Waals surface area contributed by atoms with Gasteiger partial charge in [-0.2, -0.15) is 4.52 Å². The molecular formula is C21H21FN6O. The van der Waals surface area contributed by atoms with E-state index in [2.05, 4.69) is 15.5 Å². The minimum Gasteiger partial charge on any atom is -0.331 e. The molecule has 0 aliphatic rings. The second-order valence-corrected chi connectivity index (χ2v) is 7.26. The molecule has 0 saturated carbocycles. The van der Waals surface area contributed by atoms with Crippen molar-refractivity contribution < 1.29 is 9.18 Å². The van der Waals surface area contributed by atoms with Crippen LogP contribution in [0.4, 0.5) is 9.18 Å². The molecule has 7 nitrogen and oxygen atoms in total. The molecule has 0 fully saturated rings. The number of urea groups is 1. The predicted molar refractivity (Wildman–Crippen MR) is 108 cm³/mol. The van der Waals surface area contributed by atoms with Gasteiger partial charge in [-0.1, -0.05) is 30.3 Å². The van der Waals surface area contributed by atoms with Crippen molar-refractivity contribution in [3.63, 3.8) is 0 Å². The van der Waals surface area contributed by atoms with Gasteiger partial charge in [0, 0.05) is 31.6 Å². The number of aromatic nitrogens is 4. The molecule has 0 bridgehead atoms. The van der Waals surface area contributed by atoms with Crippen LogP contribution in [0.3, 0.4) is 0 Å². The number of carbonyl (C=O) groups is 1. The average Bonchev–Trinajstić information content (AvgIpc) is 3.18. The molecule has 0 atom stereocenters. The smallest absolute Gasteiger partial charge is 0.320 e. The van der Waals surface area contributed by atoms with E-state index >= 15 is 0 Å². The first-order valence-corrected chi connectivity index (χ1v) is 9.24. The van der Waals surface area contributed by atoms with Crippen LogP contribution in [-0.4, -0.2) is 50.0 Å². The van der Waals surface area contributed by atoms with Crippen LogP contribution < -0.4 is 0 Å². The van der Waals surface area contributed by atoms with Gasteiger partial charge in [0.2, 0.25) is 0 Å². The van der Waals surface area contributed by atoms with Gasteiger partial charge in [0.1, 0.15) is 5.82 Å². The normalized spacial score (nSPS) is 11.2. The van der Waals surface area contributed by atoms with Crippen molar-refractivity contribution >= 4 is 22.6 Å². The number of pyridine rings is 1. The first-order valence-electron chi connectivity index (χ1n) is 9.24. The maximum absolute atomic E-state index is 13.3. The maximum atomic E-state index is 13.3. The first-order chi connectivity index (χ1) is 13.9. The SMILES string of the molecule is Cc1cccc2cc(CN(Cc3ccc(F)cc3)C(=O)N(C)C)c3nnnn3c12. The van der Waals surface area contributed by atoms with Crippen molar-refractivity contribution in [3.05, 3.63) is 71.0 Å². The monoisotopic (exact) mass is 392 g/mol. The Bertz CT molecular complexity index is 1190. The van der Waals surface area contributed by atoms with Crippen LogP contribution in [0, 0.1) is 12.7 Å². The topological polar surface area (TPSA) is 66.6 Å². The number of hydrogen-bond acceptors (Lipinski definition) is 4. The molecule has 0 spiro atoms. The number of nitrogens with zero attached hydrogens (tertiary/aromatic N) is 6. The highest BCUT2D eigenvalue weighted by Crippen LogP contribution is 2.24. The van der Waals surface area contributed by atoms with E-state index in [1.54, 1.807) is 35.6 Å². The first kappa shape index (κ1) is 18.8. The van der Waals surface area contributed by atoms with Gasteiger partial charge >= 0.3 is 6.03 Å². The summed E-state index contributed by atoms with van der Waals surface area (Å²) in [5.41, 5.74) is 4.31. The summed E-state index contributed by atoms with van der Waals surface area (Å²) < 4.78 is 15.0. The lowest BCUT2D eigenvalue weighted by atomic mass is 10.1. The van der Waals surface area contributed by atoms with E-state index in [4.69, 9.17) is 0 Å². The molecule has 2 amide bonds. The molecule has 29 heavy (non-hydrogen) atoms. The molecule has 2 aromatic carbocycles. The summed E-state index contributed by atoms with van der Waals surface area (Å²) in [6.07, 6.45) is 0. The van der Waals surface area contributed by atoms with E-state index in [1.165, 1.54) is 17.0 Å². The number of amides is 2. The number of halogens is 1. The van der Waals surface area contributed by atoms with Crippen molar-refractivity contribution in [2.75, 3.05) is 14.1 Å². The number of para-hydroxylation sites is 1. The highest BCUT2D eigenvalue weighted by molar-refractivity contribution is 5.86. The molecule has 0 N–H and O–H groups in total. The Morgan fingerprint density at radius 3 is 2.59 bits per heavy atom. The maximum Gasteiger partial charge on any atom is 0.320 e. The highest BCUT2D eigenvalue weighted by Gasteiger charge is 2.20. The quantitative estimate of drug-likeness (QED) is 0.534. The van der Waals surface area contributed by atoms with Crippen LogP contribution in [0.1, 0.15) is 16.7 Å². The summed E-state index contributed by atoms with van der Waals surface area (Å²) in [6.45, 7) is 2.68. The van der Waals surface area contributed by atoms with Gasteiger partial charge in [-0.3, -0.25) is 0 Å². The van der Waals surface area contributed by atoms with Gasteiger partial charge in [0.05, 0.1) is 12.1 Å². The van der Waals surface area contributed by atoms with Gasteiger partial charge in [-0.05, 0) is 46.7 Å². The van der Waals surface area contributed by atoms with Crippen molar-refractivity contribution in [1.29, 1.82) is 0 Å². The molecule has 0 saturated heterocycles. The third kappa shape index (κ3) is 3.61. The van der Waals surface area contributed by atoms with E-state index in [0.717, 1.165) is 27.6 Å². The van der Waals surface area contributed by atoms with Crippen LogP contribution >= 0.6 is 0 Å². The number of carbonyl (C=O) groups excluding carboxylic acids is 1. The van der Waals surface area contributed by atoms with E-state index in [9.17, 15) is 9.18 Å². The van der Waals surface area contributed by atoms with Gasteiger partial charge in [-0.15, -0.1) is 5.10 Å². The van der Waals surface area contributed by atoms with E-state index in [-0.39, 0.29) is 11.8 Å². The lowest BCUT2D eigenvalue weighted by Crippen LogP contribution is -2.38. The zero-order chi connectivity index (χ0) is 20.5. The summed E-state index contributed by atoms with van der Waals surface area (Å²) >= 11 is 0. The molecule has 8 heteroatoms. The molecule has 2 heterocycles. The number of tetrazole rings is 1. The number of fused-ring (bicyclic) bond motifs is 3. The molecule has 4 aromatic rings. The fraction of sp³-hybridized carbons (Fsp3) is 0.238. The number of hydrogen-bond donors (Lipinski definition) is 0. The fourth-order valence-corrected chi connectivity index (χ4v) is 3.48. The average molecular weight is 392 g/mol. The number of rotatable bonds is 4. The zero-order valence-electron chi connectivity index (χ0n) is 16.5. The van der Waals surface area contributed by atoms with Gasteiger partial charge < -0.3 is 9.80 Å². The second-order valence-electron chi connectivity index (χ2n) is 7.26. The molecule has 0 aliphatic carbocycles. The summed E-state index contributed by atoms with van der Waals surface area (Å²) in [5, 5.41) is 13.2. The summed E-state index contributed by atoms with van der Waals surface area (Å²) in [5.74, 6) is -0.305. The predicted octanol–water partition coefficient (Wildman–Crippen LogP) is 3.41. The number of aryl methyl sites for hydroxylation is 1. The fourth-order valence-electron chi connectivity index (χ4n) is 3.48. The summed E-state index contributed by atoms with van der Waals surface area (Å²) in [6, 6.07) is 14.0. The summed E-state index contributed by atoms with van der Waals surface area (Å²) in [7, 11) is 3.41. The zero-order valence-corrected chi connectivity index (χ0v) is 16.5. The molecule has 0 radical (unpaired) electrons. The van der Waals surface area contributed by atoms with Crippen LogP contribution in [0.2, 0.25) is 0 Å².